The quantitative estimate of drug-likeness (QED) is 0.197. The summed E-state index contributed by atoms with van der Waals surface area (Å²) >= 11 is 0. The third kappa shape index (κ3) is 7.29. The molecule has 0 radical (unpaired) electrons. The number of aromatic nitrogens is 2. The maximum absolute atomic E-state index is 12.3. The predicted molar refractivity (Wildman–Crippen MR) is 109 cm³/mol. The fraction of sp³-hybridized carbons (Fsp3) is 0.600. The number of nitrogens with zero attached hydrogens (tertiary/aromatic N) is 2. The summed E-state index contributed by atoms with van der Waals surface area (Å²) in [6, 6.07) is 0. The van der Waals surface area contributed by atoms with E-state index in [-0.39, 0.29) is 24.2 Å². The number of ether oxygens (including phenoxy) is 2. The summed E-state index contributed by atoms with van der Waals surface area (Å²) < 4.78 is 28.3. The van der Waals surface area contributed by atoms with Crippen molar-refractivity contribution in [3.05, 3.63) is 22.2 Å². The van der Waals surface area contributed by atoms with E-state index in [2.05, 4.69) is 21.3 Å². The van der Waals surface area contributed by atoms with Gasteiger partial charge in [0.2, 0.25) is 0 Å². The summed E-state index contributed by atoms with van der Waals surface area (Å²) in [5.41, 5.74) is 10.5. The highest BCUT2D eigenvalue weighted by molar-refractivity contribution is 8.76. The minimum atomic E-state index is -4.94. The molecule has 0 aliphatic carbocycles. The van der Waals surface area contributed by atoms with Crippen LogP contribution in [0.3, 0.4) is 0 Å². The van der Waals surface area contributed by atoms with Gasteiger partial charge in [0, 0.05) is 12.6 Å². The number of rotatable bonds is 8. The van der Waals surface area contributed by atoms with Crippen LogP contribution in [0.15, 0.2) is 11.0 Å². The molecule has 162 valence electrons. The summed E-state index contributed by atoms with van der Waals surface area (Å²) in [5, 5.41) is 0. The minimum Gasteiger partial charge on any atom is -0.756 e. The molecule has 2 heterocycles. The van der Waals surface area contributed by atoms with Crippen molar-refractivity contribution in [2.24, 2.45) is 5.73 Å². The van der Waals surface area contributed by atoms with Gasteiger partial charge in [0.1, 0.15) is 23.6 Å². The van der Waals surface area contributed by atoms with Crippen LogP contribution in [-0.4, -0.2) is 51.5 Å². The second kappa shape index (κ2) is 10.8. The molecule has 0 bridgehead atoms. The fourth-order valence-electron chi connectivity index (χ4n) is 2.67. The van der Waals surface area contributed by atoms with Crippen molar-refractivity contribution in [1.82, 2.24) is 9.55 Å². The van der Waals surface area contributed by atoms with Gasteiger partial charge in [0.15, 0.2) is 0 Å². The SMILES string of the molecule is CSS[C@H](C)OC1C[C@H](n2cc(C#CCN)c(N)nc2=O)O[C@@H]1COP(=O)([O-])O. The molecule has 0 saturated carbocycles. The topological polar surface area (TPSA) is 175 Å². The fourth-order valence-corrected chi connectivity index (χ4v) is 4.41. The van der Waals surface area contributed by atoms with Gasteiger partial charge in [-0.1, -0.05) is 33.4 Å². The number of phosphoric acid groups is 1. The smallest absolute Gasteiger partial charge is 0.351 e. The molecule has 14 heteroatoms. The summed E-state index contributed by atoms with van der Waals surface area (Å²) in [7, 11) is -1.98. The Labute approximate surface area is 175 Å². The zero-order valence-electron chi connectivity index (χ0n) is 15.7. The lowest BCUT2D eigenvalue weighted by molar-refractivity contribution is -0.223. The van der Waals surface area contributed by atoms with Gasteiger partial charge >= 0.3 is 5.69 Å². The Morgan fingerprint density at radius 3 is 2.97 bits per heavy atom. The number of nitrogens with two attached hydrogens (primary N) is 2. The van der Waals surface area contributed by atoms with Crippen LogP contribution in [0, 0.1) is 11.8 Å². The lowest BCUT2D eigenvalue weighted by atomic mass is 10.2. The summed E-state index contributed by atoms with van der Waals surface area (Å²) in [5.74, 6) is 5.33. The Morgan fingerprint density at radius 2 is 2.34 bits per heavy atom. The zero-order chi connectivity index (χ0) is 21.6. The maximum Gasteiger partial charge on any atom is 0.351 e. The number of anilines is 1. The normalized spacial score (nSPS) is 24.5. The van der Waals surface area contributed by atoms with Crippen LogP contribution < -0.4 is 22.1 Å². The predicted octanol–water partition coefficient (Wildman–Crippen LogP) is -0.357. The summed E-state index contributed by atoms with van der Waals surface area (Å²) in [6.45, 7) is 1.47. The molecule has 29 heavy (non-hydrogen) atoms. The third-order valence-electron chi connectivity index (χ3n) is 3.80. The highest BCUT2D eigenvalue weighted by atomic mass is 33.1. The number of phosphoric ester groups is 1. The first-order chi connectivity index (χ1) is 13.6. The molecule has 1 aromatic heterocycles. The molecule has 0 aromatic carbocycles. The molecule has 2 unspecified atom stereocenters. The van der Waals surface area contributed by atoms with E-state index in [9.17, 15) is 14.3 Å². The van der Waals surface area contributed by atoms with Gasteiger partial charge in [0.25, 0.3) is 7.82 Å². The van der Waals surface area contributed by atoms with Gasteiger partial charge in [-0.2, -0.15) is 4.98 Å². The van der Waals surface area contributed by atoms with Gasteiger partial charge in [-0.25, -0.2) is 4.79 Å². The second-order valence-corrected chi connectivity index (χ2v) is 9.83. The molecule has 5 N–H and O–H groups in total. The van der Waals surface area contributed by atoms with Crippen molar-refractivity contribution in [3.8, 4) is 11.8 Å². The molecule has 0 spiro atoms. The van der Waals surface area contributed by atoms with E-state index in [0.29, 0.717) is 5.56 Å². The molecular weight excluding hydrogens is 443 g/mol. The second-order valence-electron chi connectivity index (χ2n) is 5.87. The molecule has 1 aromatic rings. The Balaban J connectivity index is 2.27. The molecule has 2 rings (SSSR count). The Morgan fingerprint density at radius 1 is 1.62 bits per heavy atom. The van der Waals surface area contributed by atoms with E-state index < -0.39 is 38.6 Å². The van der Waals surface area contributed by atoms with Gasteiger partial charge in [-0.05, 0) is 13.2 Å². The molecule has 1 aliphatic heterocycles. The van der Waals surface area contributed by atoms with Crippen molar-refractivity contribution in [2.45, 2.75) is 37.2 Å². The first kappa shape index (κ1) is 24.2. The molecule has 0 amide bonds. The van der Waals surface area contributed by atoms with Crippen molar-refractivity contribution >= 4 is 35.2 Å². The van der Waals surface area contributed by atoms with Gasteiger partial charge in [-0.3, -0.25) is 9.13 Å². The molecule has 1 aliphatic rings. The van der Waals surface area contributed by atoms with Crippen LogP contribution in [0.25, 0.3) is 0 Å². The molecular formula is C15H22N4O7PS2-. The van der Waals surface area contributed by atoms with Gasteiger partial charge in [0.05, 0.1) is 24.8 Å². The Hall–Kier alpha value is -1.07. The minimum absolute atomic E-state index is 0.0320. The largest absolute Gasteiger partial charge is 0.756 e. The van der Waals surface area contributed by atoms with Gasteiger partial charge < -0.3 is 35.3 Å². The highest BCUT2D eigenvalue weighted by Gasteiger charge is 2.39. The summed E-state index contributed by atoms with van der Waals surface area (Å²) in [4.78, 5) is 35.9. The summed E-state index contributed by atoms with van der Waals surface area (Å²) in [6.07, 6.45) is 1.26. The third-order valence-corrected chi connectivity index (χ3v) is 6.24. The molecule has 11 nitrogen and oxygen atoms in total. The lowest BCUT2D eigenvalue weighted by Crippen LogP contribution is -2.31. The standard InChI is InChI=1S/C15H23N4O7PS2/c1-9(29-28-2)25-11-6-13(26-12(11)8-24-27(21,22)23)19-7-10(4-3-5-16)14(17)18-15(19)20/h7,9,11-13H,5-6,8,16H2,1-2H3,(H2,17,18,20)(H2,21,22,23)/p-1/t9-,11?,12-,13-/m1/s1. The first-order valence-electron chi connectivity index (χ1n) is 8.41. The lowest BCUT2D eigenvalue weighted by Gasteiger charge is -2.24. The number of hydrogen-bond donors (Lipinski definition) is 3. The van der Waals surface area contributed by atoms with E-state index in [1.807, 2.05) is 13.2 Å². The molecule has 1 saturated heterocycles. The van der Waals surface area contributed by atoms with Crippen LogP contribution in [0.4, 0.5) is 5.82 Å². The molecule has 1 fully saturated rings. The van der Waals surface area contributed by atoms with Crippen LogP contribution in [0.1, 0.15) is 25.1 Å². The van der Waals surface area contributed by atoms with E-state index in [1.165, 1.54) is 32.4 Å². The van der Waals surface area contributed by atoms with Crippen LogP contribution in [0.2, 0.25) is 0 Å². The average Bonchev–Trinajstić information content (AvgIpc) is 3.01. The van der Waals surface area contributed by atoms with E-state index in [4.69, 9.17) is 25.8 Å². The Bertz CT molecular complexity index is 868. The van der Waals surface area contributed by atoms with E-state index in [1.54, 1.807) is 0 Å². The van der Waals surface area contributed by atoms with Crippen LogP contribution >= 0.6 is 29.4 Å². The van der Waals surface area contributed by atoms with Crippen molar-refractivity contribution < 1.29 is 28.3 Å². The highest BCUT2D eigenvalue weighted by Crippen LogP contribution is 2.37. The van der Waals surface area contributed by atoms with Crippen molar-refractivity contribution in [3.63, 3.8) is 0 Å². The number of nitrogen functional groups attached to an aromatic ring is 1. The van der Waals surface area contributed by atoms with Crippen LogP contribution in [0.5, 0.6) is 0 Å². The monoisotopic (exact) mass is 465 g/mol. The van der Waals surface area contributed by atoms with Gasteiger partial charge in [-0.15, -0.1) is 0 Å². The van der Waals surface area contributed by atoms with E-state index in [0.717, 1.165) is 0 Å². The van der Waals surface area contributed by atoms with Crippen molar-refractivity contribution in [2.75, 3.05) is 25.1 Å². The molecule has 5 atom stereocenters. The van der Waals surface area contributed by atoms with E-state index >= 15 is 0 Å². The first-order valence-corrected chi connectivity index (χ1v) is 12.5. The number of hydrogen-bond acceptors (Lipinski definition) is 11. The average molecular weight is 465 g/mol. The zero-order valence-corrected chi connectivity index (χ0v) is 18.2. The Kier molecular flexibility index (Phi) is 9.02. The maximum atomic E-state index is 12.3. The van der Waals surface area contributed by atoms with Crippen molar-refractivity contribution in [1.29, 1.82) is 0 Å². The van der Waals surface area contributed by atoms with Crippen LogP contribution in [-0.2, 0) is 18.6 Å².